The summed E-state index contributed by atoms with van der Waals surface area (Å²) in [6.45, 7) is 0.587. The molecule has 0 aliphatic carbocycles. The molecule has 20 heavy (non-hydrogen) atoms. The van der Waals surface area contributed by atoms with E-state index in [1.54, 1.807) is 0 Å². The molecule has 0 unspecified atom stereocenters. The maximum absolute atomic E-state index is 5.70. The van der Waals surface area contributed by atoms with Crippen molar-refractivity contribution in [2.24, 2.45) is 0 Å². The van der Waals surface area contributed by atoms with Gasteiger partial charge in [-0.1, -0.05) is 36.4 Å². The number of nitrogens with zero attached hydrogens (tertiary/aromatic N) is 3. The number of aromatic nitrogens is 2. The van der Waals surface area contributed by atoms with Crippen LogP contribution in [0.3, 0.4) is 0 Å². The third-order valence-corrected chi connectivity index (χ3v) is 3.06. The number of hydrogen-bond donors (Lipinski definition) is 0. The normalized spacial score (nSPS) is 10.4. The first-order valence-corrected chi connectivity index (χ1v) is 6.47. The molecule has 0 spiro atoms. The molecular formula is C16H15N3O. The van der Waals surface area contributed by atoms with Gasteiger partial charge < -0.3 is 9.32 Å². The van der Waals surface area contributed by atoms with E-state index in [2.05, 4.69) is 27.2 Å². The molecule has 2 aromatic carbocycles. The van der Waals surface area contributed by atoms with Crippen molar-refractivity contribution in [3.63, 3.8) is 0 Å². The molecule has 0 fully saturated rings. The molecule has 0 amide bonds. The average Bonchev–Trinajstić information content (AvgIpc) is 2.97. The minimum atomic E-state index is 0.557. The lowest BCUT2D eigenvalue weighted by Gasteiger charge is -2.16. The maximum atomic E-state index is 5.70. The maximum Gasteiger partial charge on any atom is 0.247 e. The number of rotatable bonds is 4. The molecule has 0 saturated heterocycles. The van der Waals surface area contributed by atoms with Gasteiger partial charge in [-0.05, 0) is 24.3 Å². The summed E-state index contributed by atoms with van der Waals surface area (Å²) < 4.78 is 5.70. The van der Waals surface area contributed by atoms with Crippen LogP contribution < -0.4 is 4.90 Å². The van der Waals surface area contributed by atoms with Gasteiger partial charge in [0.15, 0.2) is 0 Å². The summed E-state index contributed by atoms with van der Waals surface area (Å²) in [5.74, 6) is 1.16. The van der Waals surface area contributed by atoms with Crippen LogP contribution in [-0.4, -0.2) is 17.2 Å². The molecule has 0 saturated carbocycles. The third-order valence-electron chi connectivity index (χ3n) is 3.06. The van der Waals surface area contributed by atoms with Gasteiger partial charge >= 0.3 is 0 Å². The van der Waals surface area contributed by atoms with E-state index in [0.717, 1.165) is 11.3 Å². The Morgan fingerprint density at radius 1 is 0.900 bits per heavy atom. The Labute approximate surface area is 117 Å². The van der Waals surface area contributed by atoms with Crippen LogP contribution in [0.1, 0.15) is 5.89 Å². The fraction of sp³-hybridized carbons (Fsp3) is 0.125. The first-order valence-electron chi connectivity index (χ1n) is 6.47. The van der Waals surface area contributed by atoms with Crippen molar-refractivity contribution < 1.29 is 4.42 Å². The lowest BCUT2D eigenvalue weighted by Crippen LogP contribution is -2.16. The summed E-state index contributed by atoms with van der Waals surface area (Å²) in [5, 5.41) is 8.19. The molecule has 0 aliphatic rings. The van der Waals surface area contributed by atoms with Gasteiger partial charge in [0.05, 0.1) is 6.54 Å². The molecule has 0 atom stereocenters. The summed E-state index contributed by atoms with van der Waals surface area (Å²) in [4.78, 5) is 2.07. The standard InChI is InChI=1S/C16H15N3O/c1-19(14-10-6-3-7-11-14)12-15-17-18-16(20-15)13-8-4-2-5-9-13/h2-11H,12H2,1H3. The van der Waals surface area contributed by atoms with Crippen molar-refractivity contribution in [1.29, 1.82) is 0 Å². The minimum absolute atomic E-state index is 0.557. The van der Waals surface area contributed by atoms with E-state index >= 15 is 0 Å². The number of para-hydroxylation sites is 1. The first kappa shape index (κ1) is 12.4. The summed E-state index contributed by atoms with van der Waals surface area (Å²) in [6.07, 6.45) is 0. The lowest BCUT2D eigenvalue weighted by atomic mass is 10.2. The van der Waals surface area contributed by atoms with E-state index in [1.807, 2.05) is 55.6 Å². The second-order valence-corrected chi connectivity index (χ2v) is 4.56. The smallest absolute Gasteiger partial charge is 0.247 e. The number of anilines is 1. The quantitative estimate of drug-likeness (QED) is 0.725. The van der Waals surface area contributed by atoms with Crippen molar-refractivity contribution >= 4 is 5.69 Å². The summed E-state index contributed by atoms with van der Waals surface area (Å²) in [5.41, 5.74) is 2.06. The second-order valence-electron chi connectivity index (χ2n) is 4.56. The summed E-state index contributed by atoms with van der Waals surface area (Å²) >= 11 is 0. The molecule has 0 radical (unpaired) electrons. The van der Waals surface area contributed by atoms with Gasteiger partial charge in [0.1, 0.15) is 0 Å². The summed E-state index contributed by atoms with van der Waals surface area (Å²) in [7, 11) is 2.00. The molecule has 3 aromatic rings. The van der Waals surface area contributed by atoms with Gasteiger partial charge in [-0.15, -0.1) is 10.2 Å². The highest BCUT2D eigenvalue weighted by Crippen LogP contribution is 2.19. The minimum Gasteiger partial charge on any atom is -0.419 e. The second kappa shape index (κ2) is 5.57. The molecule has 1 aromatic heterocycles. The van der Waals surface area contributed by atoms with E-state index in [0.29, 0.717) is 18.3 Å². The summed E-state index contributed by atoms with van der Waals surface area (Å²) in [6, 6.07) is 19.9. The SMILES string of the molecule is CN(Cc1nnc(-c2ccccc2)o1)c1ccccc1. The molecule has 0 aliphatic heterocycles. The monoisotopic (exact) mass is 265 g/mol. The van der Waals surface area contributed by atoms with E-state index in [4.69, 9.17) is 4.42 Å². The van der Waals surface area contributed by atoms with Crippen molar-refractivity contribution in [1.82, 2.24) is 10.2 Å². The van der Waals surface area contributed by atoms with Crippen molar-refractivity contribution in [2.75, 3.05) is 11.9 Å². The fourth-order valence-electron chi connectivity index (χ4n) is 1.99. The van der Waals surface area contributed by atoms with Crippen LogP contribution >= 0.6 is 0 Å². The Hall–Kier alpha value is -2.62. The average molecular weight is 265 g/mol. The molecule has 1 heterocycles. The van der Waals surface area contributed by atoms with E-state index in [1.165, 1.54) is 0 Å². The van der Waals surface area contributed by atoms with Crippen molar-refractivity contribution in [2.45, 2.75) is 6.54 Å². The van der Waals surface area contributed by atoms with Gasteiger partial charge in [-0.3, -0.25) is 0 Å². The Morgan fingerprint density at radius 3 is 2.25 bits per heavy atom. The molecule has 4 nitrogen and oxygen atoms in total. The Balaban J connectivity index is 1.75. The van der Waals surface area contributed by atoms with Gasteiger partial charge in [-0.25, -0.2) is 0 Å². The van der Waals surface area contributed by atoms with Crippen molar-refractivity contribution in [3.05, 3.63) is 66.6 Å². The molecule has 4 heteroatoms. The fourth-order valence-corrected chi connectivity index (χ4v) is 1.99. The molecule has 0 N–H and O–H groups in total. The van der Waals surface area contributed by atoms with Crippen LogP contribution in [-0.2, 0) is 6.54 Å². The topological polar surface area (TPSA) is 42.2 Å². The largest absolute Gasteiger partial charge is 0.419 e. The van der Waals surface area contributed by atoms with Gasteiger partial charge in [0, 0.05) is 18.3 Å². The predicted molar refractivity (Wildman–Crippen MR) is 78.3 cm³/mol. The first-order chi connectivity index (χ1) is 9.83. The van der Waals surface area contributed by atoms with Crippen LogP contribution in [0, 0.1) is 0 Å². The van der Waals surface area contributed by atoms with Gasteiger partial charge in [0.25, 0.3) is 0 Å². The number of hydrogen-bond acceptors (Lipinski definition) is 4. The van der Waals surface area contributed by atoms with Crippen LogP contribution in [0.4, 0.5) is 5.69 Å². The zero-order valence-corrected chi connectivity index (χ0v) is 11.2. The molecule has 0 bridgehead atoms. The zero-order valence-electron chi connectivity index (χ0n) is 11.2. The van der Waals surface area contributed by atoms with E-state index in [9.17, 15) is 0 Å². The third kappa shape index (κ3) is 2.69. The van der Waals surface area contributed by atoms with Gasteiger partial charge in [0.2, 0.25) is 11.8 Å². The predicted octanol–water partition coefficient (Wildman–Crippen LogP) is 3.37. The Kier molecular flexibility index (Phi) is 3.46. The van der Waals surface area contributed by atoms with E-state index in [-0.39, 0.29) is 0 Å². The van der Waals surface area contributed by atoms with Crippen LogP contribution in [0.25, 0.3) is 11.5 Å². The Morgan fingerprint density at radius 2 is 1.55 bits per heavy atom. The molecular weight excluding hydrogens is 250 g/mol. The zero-order chi connectivity index (χ0) is 13.8. The molecule has 100 valence electrons. The van der Waals surface area contributed by atoms with Crippen LogP contribution in [0.2, 0.25) is 0 Å². The Bertz CT molecular complexity index is 664. The highest BCUT2D eigenvalue weighted by atomic mass is 16.4. The highest BCUT2D eigenvalue weighted by molar-refractivity contribution is 5.52. The van der Waals surface area contributed by atoms with E-state index < -0.39 is 0 Å². The van der Waals surface area contributed by atoms with Crippen LogP contribution in [0.15, 0.2) is 65.1 Å². The van der Waals surface area contributed by atoms with Crippen molar-refractivity contribution in [3.8, 4) is 11.5 Å². The number of benzene rings is 2. The van der Waals surface area contributed by atoms with Crippen LogP contribution in [0.5, 0.6) is 0 Å². The molecule has 3 rings (SSSR count). The lowest BCUT2D eigenvalue weighted by molar-refractivity contribution is 0.503. The highest BCUT2D eigenvalue weighted by Gasteiger charge is 2.10. The van der Waals surface area contributed by atoms with Gasteiger partial charge in [-0.2, -0.15) is 0 Å².